The zero-order chi connectivity index (χ0) is 22.8. The Hall–Kier alpha value is -2.42. The summed E-state index contributed by atoms with van der Waals surface area (Å²) in [5.41, 5.74) is 1.96. The summed E-state index contributed by atoms with van der Waals surface area (Å²) >= 11 is 6.23. The molecule has 0 radical (unpaired) electrons. The van der Waals surface area contributed by atoms with Gasteiger partial charge in [0.25, 0.3) is 10.0 Å². The second-order valence-electron chi connectivity index (χ2n) is 8.40. The Bertz CT molecular complexity index is 1170. The van der Waals surface area contributed by atoms with E-state index in [9.17, 15) is 8.42 Å². The topological polar surface area (TPSA) is 88.9 Å². The van der Waals surface area contributed by atoms with Crippen LogP contribution in [0, 0.1) is 6.92 Å². The average molecular weight is 462 g/mol. The number of hydrogen-bond donors (Lipinski definition) is 2. The molecule has 2 N–H and O–H groups in total. The van der Waals surface area contributed by atoms with Crippen LogP contribution in [0.4, 0.5) is 5.69 Å². The lowest BCUT2D eigenvalue weighted by atomic mass is 9.87. The number of sulfonamides is 1. The van der Waals surface area contributed by atoms with Crippen LogP contribution in [-0.2, 0) is 22.0 Å². The van der Waals surface area contributed by atoms with Crippen LogP contribution < -0.4 is 10.0 Å². The summed E-state index contributed by atoms with van der Waals surface area (Å²) in [5.74, 6) is 1.29. The highest BCUT2D eigenvalue weighted by Crippen LogP contribution is 2.32. The summed E-state index contributed by atoms with van der Waals surface area (Å²) in [6.45, 7) is 9.46. The summed E-state index contributed by atoms with van der Waals surface area (Å²) < 4.78 is 30.8. The van der Waals surface area contributed by atoms with Crippen LogP contribution in [0.3, 0.4) is 0 Å². The largest absolute Gasteiger partial charge is 0.318 e. The third-order valence-electron chi connectivity index (χ3n) is 5.02. The van der Waals surface area contributed by atoms with Gasteiger partial charge in [0, 0.05) is 23.7 Å². The fraction of sp³-hybridized carbons (Fsp3) is 0.364. The number of nitrogens with one attached hydrogen (secondary N) is 2. The molecule has 9 heteroatoms. The summed E-state index contributed by atoms with van der Waals surface area (Å²) in [6, 6.07) is 11.9. The number of aryl methyl sites for hydroxylation is 1. The van der Waals surface area contributed by atoms with Crippen molar-refractivity contribution in [2.45, 2.75) is 44.6 Å². The summed E-state index contributed by atoms with van der Waals surface area (Å²) in [5, 5.41) is 12.0. The molecule has 0 aliphatic carbocycles. The zero-order valence-electron chi connectivity index (χ0n) is 18.4. The van der Waals surface area contributed by atoms with Gasteiger partial charge in [-0.25, -0.2) is 8.42 Å². The summed E-state index contributed by atoms with van der Waals surface area (Å²) in [7, 11) is -1.94. The molecule has 0 aliphatic heterocycles. The van der Waals surface area contributed by atoms with Crippen molar-refractivity contribution in [3.05, 3.63) is 58.9 Å². The van der Waals surface area contributed by atoms with E-state index in [1.165, 1.54) is 0 Å². The van der Waals surface area contributed by atoms with Gasteiger partial charge in [-0.15, -0.1) is 10.2 Å². The number of anilines is 1. The van der Waals surface area contributed by atoms with Crippen LogP contribution in [0.5, 0.6) is 0 Å². The third-order valence-corrected chi connectivity index (χ3v) is 6.64. The van der Waals surface area contributed by atoms with Crippen LogP contribution in [0.15, 0.2) is 47.4 Å². The first-order valence-corrected chi connectivity index (χ1v) is 11.9. The molecule has 0 amide bonds. The van der Waals surface area contributed by atoms with Crippen molar-refractivity contribution in [1.82, 2.24) is 20.1 Å². The predicted octanol–water partition coefficient (Wildman–Crippen LogP) is 4.22. The molecule has 0 bridgehead atoms. The van der Waals surface area contributed by atoms with E-state index >= 15 is 0 Å². The van der Waals surface area contributed by atoms with Gasteiger partial charge in [-0.2, -0.15) is 0 Å². The molecule has 31 heavy (non-hydrogen) atoms. The molecule has 0 unspecified atom stereocenters. The molecule has 0 spiro atoms. The van der Waals surface area contributed by atoms with E-state index in [4.69, 9.17) is 11.6 Å². The molecule has 0 saturated carbocycles. The average Bonchev–Trinajstić information content (AvgIpc) is 3.07. The minimum absolute atomic E-state index is 0.0612. The molecule has 1 aromatic heterocycles. The molecule has 3 rings (SSSR count). The van der Waals surface area contributed by atoms with E-state index < -0.39 is 10.0 Å². The van der Waals surface area contributed by atoms with Gasteiger partial charge in [-0.1, -0.05) is 44.5 Å². The second kappa shape index (κ2) is 8.98. The number of rotatable bonds is 7. The first-order chi connectivity index (χ1) is 14.5. The van der Waals surface area contributed by atoms with Crippen molar-refractivity contribution >= 4 is 27.3 Å². The number of aromatic nitrogens is 3. The second-order valence-corrected chi connectivity index (χ2v) is 10.5. The molecule has 3 aromatic rings. The minimum atomic E-state index is -3.80. The third kappa shape index (κ3) is 5.26. The molecule has 0 aliphatic rings. The maximum absolute atomic E-state index is 13.1. The van der Waals surface area contributed by atoms with Gasteiger partial charge in [0.15, 0.2) is 5.82 Å². The molecule has 2 aromatic carbocycles. The molecule has 166 valence electrons. The van der Waals surface area contributed by atoms with E-state index in [0.717, 1.165) is 11.4 Å². The number of nitrogens with zero attached hydrogens (tertiary/aromatic N) is 3. The standard InChI is InChI=1S/C22H28ClN5O2S/c1-15-25-26-21(28(15)13-12-24-5)19-14-17(23)8-11-20(19)27-31(29,30)18-9-6-16(7-10-18)22(2,3)4/h6-11,14,24,27H,12-13H2,1-5H3. The number of hydrogen-bond acceptors (Lipinski definition) is 5. The highest BCUT2D eigenvalue weighted by atomic mass is 35.5. The summed E-state index contributed by atoms with van der Waals surface area (Å²) in [6.07, 6.45) is 0. The Morgan fingerprint density at radius 3 is 2.35 bits per heavy atom. The Morgan fingerprint density at radius 1 is 1.06 bits per heavy atom. The van der Waals surface area contributed by atoms with Gasteiger partial charge in [-0.3, -0.25) is 4.72 Å². The lowest BCUT2D eigenvalue weighted by Crippen LogP contribution is -2.18. The highest BCUT2D eigenvalue weighted by molar-refractivity contribution is 7.92. The maximum Gasteiger partial charge on any atom is 0.261 e. The maximum atomic E-state index is 13.1. The van der Waals surface area contributed by atoms with Crippen LogP contribution >= 0.6 is 11.6 Å². The SMILES string of the molecule is CNCCn1c(C)nnc1-c1cc(Cl)ccc1NS(=O)(=O)c1ccc(C(C)(C)C)cc1. The molecule has 0 saturated heterocycles. The first-order valence-electron chi connectivity index (χ1n) is 10.0. The van der Waals surface area contributed by atoms with Gasteiger partial charge < -0.3 is 9.88 Å². The normalized spacial score (nSPS) is 12.2. The van der Waals surface area contributed by atoms with Crippen LogP contribution in [0.2, 0.25) is 5.02 Å². The fourth-order valence-electron chi connectivity index (χ4n) is 3.20. The van der Waals surface area contributed by atoms with Crippen molar-refractivity contribution in [1.29, 1.82) is 0 Å². The van der Waals surface area contributed by atoms with Gasteiger partial charge in [0.2, 0.25) is 0 Å². The van der Waals surface area contributed by atoms with Crippen molar-refractivity contribution in [3.8, 4) is 11.4 Å². The van der Waals surface area contributed by atoms with E-state index in [0.29, 0.717) is 35.2 Å². The van der Waals surface area contributed by atoms with Gasteiger partial charge >= 0.3 is 0 Å². The molecule has 0 fully saturated rings. The minimum Gasteiger partial charge on any atom is -0.318 e. The smallest absolute Gasteiger partial charge is 0.261 e. The molecule has 7 nitrogen and oxygen atoms in total. The van der Waals surface area contributed by atoms with Crippen molar-refractivity contribution in [3.63, 3.8) is 0 Å². The predicted molar refractivity (Wildman–Crippen MR) is 125 cm³/mol. The molecular formula is C22H28ClN5O2S. The molecule has 1 heterocycles. The lowest BCUT2D eigenvalue weighted by Gasteiger charge is -2.19. The highest BCUT2D eigenvalue weighted by Gasteiger charge is 2.21. The number of likely N-dealkylation sites (N-methyl/N-ethyl adjacent to an activating group) is 1. The van der Waals surface area contributed by atoms with E-state index in [1.807, 2.05) is 30.7 Å². The lowest BCUT2D eigenvalue weighted by molar-refractivity contribution is 0.587. The summed E-state index contributed by atoms with van der Waals surface area (Å²) in [4.78, 5) is 0.189. The van der Waals surface area contributed by atoms with Gasteiger partial charge in [-0.05, 0) is 55.3 Å². The van der Waals surface area contributed by atoms with Crippen LogP contribution in [0.1, 0.15) is 32.2 Å². The monoisotopic (exact) mass is 461 g/mol. The Balaban J connectivity index is 2.00. The fourth-order valence-corrected chi connectivity index (χ4v) is 4.45. The van der Waals surface area contributed by atoms with E-state index in [1.54, 1.807) is 30.3 Å². The van der Waals surface area contributed by atoms with E-state index in [-0.39, 0.29) is 10.3 Å². The quantitative estimate of drug-likeness (QED) is 0.549. The number of benzene rings is 2. The molecular weight excluding hydrogens is 434 g/mol. The van der Waals surface area contributed by atoms with Gasteiger partial charge in [0.1, 0.15) is 5.82 Å². The molecule has 0 atom stereocenters. The van der Waals surface area contributed by atoms with Crippen molar-refractivity contribution < 1.29 is 8.42 Å². The Labute approximate surface area is 188 Å². The first kappa shape index (κ1) is 23.2. The van der Waals surface area contributed by atoms with Crippen molar-refractivity contribution in [2.75, 3.05) is 18.3 Å². The Kier molecular flexibility index (Phi) is 6.73. The van der Waals surface area contributed by atoms with Gasteiger partial charge in [0.05, 0.1) is 10.6 Å². The van der Waals surface area contributed by atoms with Crippen LogP contribution in [-0.4, -0.2) is 36.8 Å². The van der Waals surface area contributed by atoms with Crippen molar-refractivity contribution in [2.24, 2.45) is 0 Å². The zero-order valence-corrected chi connectivity index (χ0v) is 20.0. The number of halogens is 1. The van der Waals surface area contributed by atoms with Crippen LogP contribution in [0.25, 0.3) is 11.4 Å². The van der Waals surface area contributed by atoms with E-state index in [2.05, 4.69) is 41.0 Å². The Morgan fingerprint density at radius 2 is 1.74 bits per heavy atom.